The minimum absolute atomic E-state index is 0. The molecule has 0 aliphatic carbocycles. The first kappa shape index (κ1) is 7.80. The molecule has 0 saturated carbocycles. The number of hydrogen-bond donors (Lipinski definition) is 0. The highest BCUT2D eigenvalue weighted by Gasteiger charge is 1.96. The molecule has 0 unspecified atom stereocenters. The Morgan fingerprint density at radius 1 is 1.00 bits per heavy atom. The highest BCUT2D eigenvalue weighted by atomic mass is 16.4. The van der Waals surface area contributed by atoms with Crippen LogP contribution in [0.3, 0.4) is 0 Å². The highest BCUT2D eigenvalue weighted by Crippen LogP contribution is 2.15. The molecule has 2 rings (SSSR count). The standard InChI is InChI=1S/C11H8O2/c12-11-8-10(6-7-13-11)9-4-2-1-3-5-9/h1-8H/p+1. The van der Waals surface area contributed by atoms with Crippen LogP contribution in [0.2, 0.25) is 0 Å². The van der Waals surface area contributed by atoms with E-state index < -0.39 is 0 Å². The van der Waals surface area contributed by atoms with Gasteiger partial charge in [0.15, 0.2) is 0 Å². The van der Waals surface area contributed by atoms with Gasteiger partial charge in [-0.1, -0.05) is 30.3 Å². The summed E-state index contributed by atoms with van der Waals surface area (Å²) in [5.41, 5.74) is 1.59. The van der Waals surface area contributed by atoms with E-state index in [2.05, 4.69) is 4.42 Å². The number of rotatable bonds is 1. The van der Waals surface area contributed by atoms with Crippen molar-refractivity contribution in [2.75, 3.05) is 0 Å². The predicted octanol–water partition coefficient (Wildman–Crippen LogP) is 2.42. The summed E-state index contributed by atoms with van der Waals surface area (Å²) in [7, 11) is 0. The van der Waals surface area contributed by atoms with Gasteiger partial charge in [-0.3, -0.25) is 0 Å². The van der Waals surface area contributed by atoms with Gasteiger partial charge in [-0.15, -0.1) is 0 Å². The first-order chi connectivity index (χ1) is 6.36. The first-order valence-corrected chi connectivity index (χ1v) is 4.00. The summed E-state index contributed by atoms with van der Waals surface area (Å²) >= 11 is 0. The first-order valence-electron chi connectivity index (χ1n) is 4.00. The van der Waals surface area contributed by atoms with Crippen molar-refractivity contribution in [2.24, 2.45) is 0 Å². The van der Waals surface area contributed by atoms with Crippen LogP contribution in [0.1, 0.15) is 1.43 Å². The van der Waals surface area contributed by atoms with E-state index in [-0.39, 0.29) is 7.05 Å². The van der Waals surface area contributed by atoms with E-state index in [4.69, 9.17) is 0 Å². The average Bonchev–Trinajstić information content (AvgIpc) is 2.19. The molecule has 2 nitrogen and oxygen atoms in total. The fourth-order valence-corrected chi connectivity index (χ4v) is 1.19. The summed E-state index contributed by atoms with van der Waals surface area (Å²) in [4.78, 5) is 10.9. The molecule has 1 aromatic carbocycles. The maximum absolute atomic E-state index is 10.9. The lowest BCUT2D eigenvalue weighted by Gasteiger charge is -1.97. The molecule has 13 heavy (non-hydrogen) atoms. The van der Waals surface area contributed by atoms with E-state index in [1.807, 2.05) is 30.3 Å². The Hall–Kier alpha value is -1.83. The topological polar surface area (TPSA) is 30.2 Å². The van der Waals surface area contributed by atoms with Gasteiger partial charge in [0.25, 0.3) is 0 Å². The van der Waals surface area contributed by atoms with Crippen LogP contribution in [0.25, 0.3) is 11.1 Å². The third-order valence-electron chi connectivity index (χ3n) is 1.81. The molecular formula is C11H9O2+. The van der Waals surface area contributed by atoms with Gasteiger partial charge in [-0.05, 0) is 17.2 Å². The number of benzene rings is 1. The molecule has 0 aliphatic heterocycles. The third-order valence-corrected chi connectivity index (χ3v) is 1.81. The van der Waals surface area contributed by atoms with Crippen molar-refractivity contribution in [3.8, 4) is 11.1 Å². The van der Waals surface area contributed by atoms with Crippen LogP contribution < -0.4 is 5.63 Å². The zero-order valence-corrected chi connectivity index (χ0v) is 6.94. The van der Waals surface area contributed by atoms with Crippen molar-refractivity contribution in [3.05, 3.63) is 59.1 Å². The summed E-state index contributed by atoms with van der Waals surface area (Å²) in [5, 5.41) is 0. The van der Waals surface area contributed by atoms with Crippen molar-refractivity contribution < 1.29 is 5.84 Å². The largest absolute Gasteiger partial charge is 1.00 e. The van der Waals surface area contributed by atoms with Gasteiger partial charge in [-0.25, -0.2) is 4.79 Å². The Balaban J connectivity index is 0.000000980. The molecule has 0 amide bonds. The molecular weight excluding hydrogens is 164 g/mol. The van der Waals surface area contributed by atoms with Gasteiger partial charge in [0.05, 0.1) is 6.26 Å². The SMILES string of the molecule is O=c1cc(-c2ccccc2)cco1.[H+]. The van der Waals surface area contributed by atoms with Gasteiger partial charge in [-0.2, -0.15) is 0 Å². The second kappa shape index (κ2) is 3.27. The summed E-state index contributed by atoms with van der Waals surface area (Å²) in [6, 6.07) is 13.0. The second-order valence-electron chi connectivity index (χ2n) is 2.71. The molecule has 0 N–H and O–H groups in total. The van der Waals surface area contributed by atoms with Crippen LogP contribution in [0, 0.1) is 0 Å². The van der Waals surface area contributed by atoms with E-state index in [0.717, 1.165) is 11.1 Å². The Morgan fingerprint density at radius 2 is 1.77 bits per heavy atom. The van der Waals surface area contributed by atoms with Gasteiger partial charge in [0.1, 0.15) is 0 Å². The zero-order valence-electron chi connectivity index (χ0n) is 7.94. The summed E-state index contributed by atoms with van der Waals surface area (Å²) in [5.74, 6) is 0. The molecule has 0 saturated heterocycles. The van der Waals surface area contributed by atoms with Crippen LogP contribution >= 0.6 is 0 Å². The summed E-state index contributed by atoms with van der Waals surface area (Å²) < 4.78 is 4.63. The molecule has 64 valence electrons. The molecule has 1 aromatic heterocycles. The second-order valence-corrected chi connectivity index (χ2v) is 2.71. The van der Waals surface area contributed by atoms with Crippen LogP contribution in [-0.4, -0.2) is 0 Å². The molecule has 0 bridgehead atoms. The monoisotopic (exact) mass is 173 g/mol. The molecule has 0 spiro atoms. The molecule has 2 aromatic rings. The van der Waals surface area contributed by atoms with Crippen LogP contribution in [-0.2, 0) is 0 Å². The summed E-state index contributed by atoms with van der Waals surface area (Å²) in [6.07, 6.45) is 1.41. The van der Waals surface area contributed by atoms with Gasteiger partial charge < -0.3 is 4.42 Å². The quantitative estimate of drug-likeness (QED) is 0.662. The average molecular weight is 173 g/mol. The Kier molecular flexibility index (Phi) is 1.96. The van der Waals surface area contributed by atoms with Gasteiger partial charge in [0, 0.05) is 6.07 Å². The molecule has 0 radical (unpaired) electrons. The van der Waals surface area contributed by atoms with E-state index in [0.29, 0.717) is 0 Å². The van der Waals surface area contributed by atoms with Gasteiger partial charge in [0.2, 0.25) is 0 Å². The maximum Gasteiger partial charge on any atom is 1.00 e. The molecule has 0 atom stereocenters. The molecule has 0 aliphatic rings. The van der Waals surface area contributed by atoms with Gasteiger partial charge >= 0.3 is 7.05 Å². The van der Waals surface area contributed by atoms with Crippen LogP contribution in [0.4, 0.5) is 0 Å². The third kappa shape index (κ3) is 1.67. The maximum atomic E-state index is 10.9. The Morgan fingerprint density at radius 3 is 2.46 bits per heavy atom. The lowest BCUT2D eigenvalue weighted by atomic mass is 10.1. The van der Waals surface area contributed by atoms with E-state index >= 15 is 0 Å². The molecule has 0 fully saturated rings. The number of hydrogen-bond acceptors (Lipinski definition) is 2. The Labute approximate surface area is 76.9 Å². The summed E-state index contributed by atoms with van der Waals surface area (Å²) in [6.45, 7) is 0. The van der Waals surface area contributed by atoms with Crippen molar-refractivity contribution >= 4 is 0 Å². The van der Waals surface area contributed by atoms with E-state index in [9.17, 15) is 4.79 Å². The van der Waals surface area contributed by atoms with Crippen molar-refractivity contribution in [1.29, 1.82) is 0 Å². The highest BCUT2D eigenvalue weighted by molar-refractivity contribution is 5.61. The Bertz CT molecular complexity index is 448. The zero-order chi connectivity index (χ0) is 9.10. The lowest BCUT2D eigenvalue weighted by molar-refractivity contribution is 0.511. The van der Waals surface area contributed by atoms with Crippen molar-refractivity contribution in [3.63, 3.8) is 0 Å². The fourth-order valence-electron chi connectivity index (χ4n) is 1.19. The van der Waals surface area contributed by atoms with Crippen LogP contribution in [0.15, 0.2) is 57.9 Å². The molecule has 1 heterocycles. The molecule has 2 heteroatoms. The minimum Gasteiger partial charge on any atom is -0.431 e. The van der Waals surface area contributed by atoms with Crippen molar-refractivity contribution in [1.82, 2.24) is 0 Å². The van der Waals surface area contributed by atoms with E-state index in [1.54, 1.807) is 6.07 Å². The normalized spacial score (nSPS) is 9.85. The fraction of sp³-hybridized carbons (Fsp3) is 0. The van der Waals surface area contributed by atoms with Crippen LogP contribution in [0.5, 0.6) is 0 Å². The predicted molar refractivity (Wildman–Crippen MR) is 51.5 cm³/mol. The lowest BCUT2D eigenvalue weighted by Crippen LogP contribution is -1.94. The van der Waals surface area contributed by atoms with E-state index in [1.165, 1.54) is 12.3 Å². The smallest absolute Gasteiger partial charge is 0.431 e. The minimum atomic E-state index is -0.318. The van der Waals surface area contributed by atoms with Crippen molar-refractivity contribution in [2.45, 2.75) is 0 Å².